The number of anilines is 1. The highest BCUT2D eigenvalue weighted by Gasteiger charge is 2.07. The Morgan fingerprint density at radius 2 is 2.16 bits per heavy atom. The standard InChI is InChI=1S/C14H22N4O/c1-5-12-9-7-8-11(3)13(12)17-14(19)15-10-16-18(4)6-2/h7-10H,5-6H2,1-4H3,(H2,15,16,17,19). The molecule has 0 saturated carbocycles. The summed E-state index contributed by atoms with van der Waals surface area (Å²) in [7, 11) is 1.84. The van der Waals surface area contributed by atoms with Crippen molar-refractivity contribution in [3.8, 4) is 0 Å². The zero-order valence-electron chi connectivity index (χ0n) is 12.0. The van der Waals surface area contributed by atoms with Crippen LogP contribution in [0.1, 0.15) is 25.0 Å². The smallest absolute Gasteiger partial charge is 0.307 e. The molecule has 2 amide bonds. The van der Waals surface area contributed by atoms with Crippen molar-refractivity contribution >= 4 is 18.1 Å². The van der Waals surface area contributed by atoms with Crippen LogP contribution < -0.4 is 10.6 Å². The van der Waals surface area contributed by atoms with Crippen LogP contribution in [-0.4, -0.2) is 31.0 Å². The number of aryl methyl sites for hydroxylation is 2. The van der Waals surface area contributed by atoms with Crippen LogP contribution in [0.2, 0.25) is 0 Å². The van der Waals surface area contributed by atoms with Gasteiger partial charge in [-0.25, -0.2) is 4.79 Å². The maximum absolute atomic E-state index is 11.8. The number of carbonyl (C=O) groups is 1. The van der Waals surface area contributed by atoms with Crippen molar-refractivity contribution in [3.05, 3.63) is 29.3 Å². The predicted octanol–water partition coefficient (Wildman–Crippen LogP) is 2.57. The summed E-state index contributed by atoms with van der Waals surface area (Å²) in [4.78, 5) is 11.8. The number of hydrogen-bond acceptors (Lipinski definition) is 3. The second-order valence-electron chi connectivity index (χ2n) is 4.28. The predicted molar refractivity (Wildman–Crippen MR) is 79.5 cm³/mol. The number of amides is 2. The second-order valence-corrected chi connectivity index (χ2v) is 4.28. The van der Waals surface area contributed by atoms with Crippen molar-refractivity contribution in [1.82, 2.24) is 10.3 Å². The monoisotopic (exact) mass is 262 g/mol. The lowest BCUT2D eigenvalue weighted by Gasteiger charge is -2.13. The van der Waals surface area contributed by atoms with Gasteiger partial charge in [-0.1, -0.05) is 25.1 Å². The van der Waals surface area contributed by atoms with Crippen LogP contribution in [0.3, 0.4) is 0 Å². The number of benzene rings is 1. The number of rotatable bonds is 5. The average Bonchev–Trinajstić information content (AvgIpc) is 2.40. The molecule has 5 nitrogen and oxygen atoms in total. The molecule has 0 bridgehead atoms. The molecule has 0 fully saturated rings. The van der Waals surface area contributed by atoms with E-state index in [1.807, 2.05) is 39.1 Å². The first-order chi connectivity index (χ1) is 9.08. The zero-order chi connectivity index (χ0) is 14.3. The van der Waals surface area contributed by atoms with E-state index >= 15 is 0 Å². The summed E-state index contributed by atoms with van der Waals surface area (Å²) in [5, 5.41) is 11.2. The third-order valence-corrected chi connectivity index (χ3v) is 2.89. The van der Waals surface area contributed by atoms with E-state index in [0.29, 0.717) is 0 Å². The van der Waals surface area contributed by atoms with Gasteiger partial charge in [0.05, 0.1) is 0 Å². The van der Waals surface area contributed by atoms with Gasteiger partial charge in [0, 0.05) is 19.3 Å². The minimum Gasteiger partial charge on any atom is -0.307 e. The molecule has 104 valence electrons. The van der Waals surface area contributed by atoms with E-state index in [-0.39, 0.29) is 6.03 Å². The van der Waals surface area contributed by atoms with Crippen molar-refractivity contribution in [2.45, 2.75) is 27.2 Å². The van der Waals surface area contributed by atoms with Gasteiger partial charge in [0.25, 0.3) is 0 Å². The second kappa shape index (κ2) is 7.41. The first-order valence-corrected chi connectivity index (χ1v) is 6.48. The molecule has 1 aromatic rings. The van der Waals surface area contributed by atoms with Crippen molar-refractivity contribution in [2.75, 3.05) is 18.9 Å². The van der Waals surface area contributed by atoms with Crippen molar-refractivity contribution < 1.29 is 4.79 Å². The molecule has 0 heterocycles. The first kappa shape index (κ1) is 15.0. The van der Waals surface area contributed by atoms with Gasteiger partial charge in [-0.2, -0.15) is 5.10 Å². The molecule has 0 spiro atoms. The SMILES string of the molecule is CCc1cccc(C)c1NC(=O)NC=NN(C)CC. The molecule has 1 aromatic carbocycles. The fourth-order valence-corrected chi connectivity index (χ4v) is 1.62. The van der Waals surface area contributed by atoms with E-state index in [2.05, 4.69) is 22.7 Å². The van der Waals surface area contributed by atoms with E-state index in [0.717, 1.165) is 29.8 Å². The third-order valence-electron chi connectivity index (χ3n) is 2.89. The van der Waals surface area contributed by atoms with Gasteiger partial charge in [0.1, 0.15) is 6.34 Å². The molecule has 5 heteroatoms. The quantitative estimate of drug-likeness (QED) is 0.487. The van der Waals surface area contributed by atoms with Gasteiger partial charge in [0.15, 0.2) is 0 Å². The fraction of sp³-hybridized carbons (Fsp3) is 0.429. The van der Waals surface area contributed by atoms with Gasteiger partial charge >= 0.3 is 6.03 Å². The largest absolute Gasteiger partial charge is 0.324 e. The van der Waals surface area contributed by atoms with E-state index in [1.54, 1.807) is 5.01 Å². The number of nitrogens with zero attached hydrogens (tertiary/aromatic N) is 2. The molecule has 19 heavy (non-hydrogen) atoms. The normalized spacial score (nSPS) is 10.5. The van der Waals surface area contributed by atoms with Gasteiger partial charge < -0.3 is 5.32 Å². The van der Waals surface area contributed by atoms with Crippen LogP contribution in [0.4, 0.5) is 10.5 Å². The molecule has 0 aliphatic rings. The number of para-hydroxylation sites is 1. The highest BCUT2D eigenvalue weighted by molar-refractivity contribution is 5.97. The van der Waals surface area contributed by atoms with Gasteiger partial charge in [0.2, 0.25) is 0 Å². The molecule has 0 radical (unpaired) electrons. The van der Waals surface area contributed by atoms with Gasteiger partial charge in [-0.3, -0.25) is 10.3 Å². The van der Waals surface area contributed by atoms with Crippen molar-refractivity contribution in [2.24, 2.45) is 5.10 Å². The molecule has 2 N–H and O–H groups in total. The number of urea groups is 1. The molecule has 1 rings (SSSR count). The Morgan fingerprint density at radius 3 is 2.79 bits per heavy atom. The number of nitrogens with one attached hydrogen (secondary N) is 2. The van der Waals surface area contributed by atoms with E-state index in [1.165, 1.54) is 6.34 Å². The van der Waals surface area contributed by atoms with Crippen LogP contribution in [0, 0.1) is 6.92 Å². The zero-order valence-corrected chi connectivity index (χ0v) is 12.0. The molecule has 0 saturated heterocycles. The minimum absolute atomic E-state index is 0.280. The lowest BCUT2D eigenvalue weighted by Crippen LogP contribution is -2.29. The van der Waals surface area contributed by atoms with Crippen LogP contribution in [0.15, 0.2) is 23.3 Å². The molecular weight excluding hydrogens is 240 g/mol. The lowest BCUT2D eigenvalue weighted by atomic mass is 10.1. The fourth-order valence-electron chi connectivity index (χ4n) is 1.62. The summed E-state index contributed by atoms with van der Waals surface area (Å²) in [6, 6.07) is 5.71. The number of hydrogen-bond donors (Lipinski definition) is 2. The van der Waals surface area contributed by atoms with E-state index < -0.39 is 0 Å². The summed E-state index contributed by atoms with van der Waals surface area (Å²) in [6.07, 6.45) is 2.27. The lowest BCUT2D eigenvalue weighted by molar-refractivity contribution is 0.256. The molecule has 0 unspecified atom stereocenters. The number of hydrazone groups is 1. The van der Waals surface area contributed by atoms with Crippen molar-refractivity contribution in [3.63, 3.8) is 0 Å². The molecule has 0 aromatic heterocycles. The Bertz CT molecular complexity index is 457. The summed E-state index contributed by atoms with van der Waals surface area (Å²) in [6.45, 7) is 6.82. The molecule has 0 atom stereocenters. The van der Waals surface area contributed by atoms with Gasteiger partial charge in [-0.15, -0.1) is 0 Å². The van der Waals surface area contributed by atoms with E-state index in [9.17, 15) is 4.79 Å². The van der Waals surface area contributed by atoms with Crippen LogP contribution >= 0.6 is 0 Å². The Balaban J connectivity index is 2.65. The average molecular weight is 262 g/mol. The minimum atomic E-state index is -0.280. The van der Waals surface area contributed by atoms with Crippen LogP contribution in [0.25, 0.3) is 0 Å². The van der Waals surface area contributed by atoms with Crippen LogP contribution in [0.5, 0.6) is 0 Å². The van der Waals surface area contributed by atoms with Gasteiger partial charge in [-0.05, 0) is 31.4 Å². The molecule has 0 aliphatic carbocycles. The summed E-state index contributed by atoms with van der Waals surface area (Å²) >= 11 is 0. The maximum Gasteiger partial charge on any atom is 0.324 e. The Hall–Kier alpha value is -2.04. The Kier molecular flexibility index (Phi) is 5.85. The molecule has 0 aliphatic heterocycles. The van der Waals surface area contributed by atoms with Crippen molar-refractivity contribution in [1.29, 1.82) is 0 Å². The molecular formula is C14H22N4O. The summed E-state index contributed by atoms with van der Waals surface area (Å²) < 4.78 is 0. The number of carbonyl (C=O) groups excluding carboxylic acids is 1. The highest BCUT2D eigenvalue weighted by atomic mass is 16.2. The summed E-state index contributed by atoms with van der Waals surface area (Å²) in [5.74, 6) is 0. The van der Waals surface area contributed by atoms with Crippen LogP contribution in [-0.2, 0) is 6.42 Å². The van der Waals surface area contributed by atoms with E-state index in [4.69, 9.17) is 0 Å². The highest BCUT2D eigenvalue weighted by Crippen LogP contribution is 2.20. The topological polar surface area (TPSA) is 56.7 Å². The maximum atomic E-state index is 11.8. The summed E-state index contributed by atoms with van der Waals surface area (Å²) in [5.41, 5.74) is 3.05. The Labute approximate surface area is 114 Å². The third kappa shape index (κ3) is 4.62. The first-order valence-electron chi connectivity index (χ1n) is 6.48. The Morgan fingerprint density at radius 1 is 1.42 bits per heavy atom.